The van der Waals surface area contributed by atoms with Crippen LogP contribution in [0.25, 0.3) is 0 Å². The van der Waals surface area contributed by atoms with Crippen molar-refractivity contribution in [3.8, 4) is 0 Å². The normalized spacial score (nSPS) is 16.5. The van der Waals surface area contributed by atoms with E-state index >= 15 is 0 Å². The third kappa shape index (κ3) is 5.09. The molecule has 0 atom stereocenters. The van der Waals surface area contributed by atoms with Crippen LogP contribution in [-0.2, 0) is 11.0 Å². The fourth-order valence-corrected chi connectivity index (χ4v) is 3.70. The second-order valence-corrected chi connectivity index (χ2v) is 7.01. The summed E-state index contributed by atoms with van der Waals surface area (Å²) in [6.45, 7) is 0. The van der Waals surface area contributed by atoms with Crippen molar-refractivity contribution >= 4 is 35.0 Å². The van der Waals surface area contributed by atoms with Crippen molar-refractivity contribution in [3.05, 3.63) is 28.8 Å². The molecule has 1 aliphatic rings. The van der Waals surface area contributed by atoms with Crippen LogP contribution in [0.2, 0.25) is 5.02 Å². The van der Waals surface area contributed by atoms with Crippen molar-refractivity contribution in [2.45, 2.75) is 43.5 Å². The summed E-state index contributed by atoms with van der Waals surface area (Å²) in [4.78, 5) is 11.9. The molecule has 1 fully saturated rings. The molecule has 1 amide bonds. The number of nitrogens with one attached hydrogen (secondary N) is 1. The van der Waals surface area contributed by atoms with Crippen molar-refractivity contribution in [3.63, 3.8) is 0 Å². The molecular formula is C15H17ClF3NOS. The van der Waals surface area contributed by atoms with Crippen LogP contribution in [0, 0.1) is 0 Å². The van der Waals surface area contributed by atoms with Crippen LogP contribution in [0.5, 0.6) is 0 Å². The van der Waals surface area contributed by atoms with Gasteiger partial charge in [0.1, 0.15) is 0 Å². The quantitative estimate of drug-likeness (QED) is 0.790. The van der Waals surface area contributed by atoms with E-state index in [1.165, 1.54) is 19.3 Å². The lowest BCUT2D eigenvalue weighted by atomic mass is 10.0. The van der Waals surface area contributed by atoms with E-state index in [0.717, 1.165) is 31.0 Å². The van der Waals surface area contributed by atoms with Crippen LogP contribution in [0.15, 0.2) is 18.2 Å². The maximum atomic E-state index is 12.7. The summed E-state index contributed by atoms with van der Waals surface area (Å²) in [5.41, 5.74) is -0.821. The highest BCUT2D eigenvalue weighted by molar-refractivity contribution is 8.00. The molecule has 2 rings (SSSR count). The summed E-state index contributed by atoms with van der Waals surface area (Å²) in [6.07, 6.45) is 1.34. The summed E-state index contributed by atoms with van der Waals surface area (Å²) < 4.78 is 38.0. The molecule has 0 spiro atoms. The number of carbonyl (C=O) groups is 1. The zero-order chi connectivity index (χ0) is 16.2. The molecule has 0 unspecified atom stereocenters. The molecular weight excluding hydrogens is 335 g/mol. The maximum absolute atomic E-state index is 12.7. The second-order valence-electron chi connectivity index (χ2n) is 5.31. The minimum atomic E-state index is -4.46. The first-order valence-corrected chi connectivity index (χ1v) is 8.57. The predicted molar refractivity (Wildman–Crippen MR) is 84.4 cm³/mol. The van der Waals surface area contributed by atoms with E-state index < -0.39 is 11.7 Å². The van der Waals surface area contributed by atoms with Gasteiger partial charge in [0.15, 0.2) is 0 Å². The van der Waals surface area contributed by atoms with Gasteiger partial charge in [-0.15, -0.1) is 11.8 Å². The molecule has 1 N–H and O–H groups in total. The molecule has 0 aromatic heterocycles. The number of amides is 1. The van der Waals surface area contributed by atoms with Gasteiger partial charge in [-0.25, -0.2) is 0 Å². The number of rotatable bonds is 4. The van der Waals surface area contributed by atoms with E-state index in [1.807, 2.05) is 0 Å². The summed E-state index contributed by atoms with van der Waals surface area (Å²) >= 11 is 7.41. The van der Waals surface area contributed by atoms with Gasteiger partial charge in [0, 0.05) is 5.25 Å². The van der Waals surface area contributed by atoms with Crippen molar-refractivity contribution < 1.29 is 18.0 Å². The first kappa shape index (κ1) is 17.5. The van der Waals surface area contributed by atoms with Crippen molar-refractivity contribution in [1.82, 2.24) is 0 Å². The zero-order valence-electron chi connectivity index (χ0n) is 11.9. The Morgan fingerprint density at radius 2 is 1.95 bits per heavy atom. The van der Waals surface area contributed by atoms with Gasteiger partial charge in [-0.1, -0.05) is 30.9 Å². The molecule has 1 saturated carbocycles. The summed E-state index contributed by atoms with van der Waals surface area (Å²) in [6, 6.07) is 2.91. The van der Waals surface area contributed by atoms with E-state index in [0.29, 0.717) is 5.25 Å². The third-order valence-corrected chi connectivity index (χ3v) is 5.27. The van der Waals surface area contributed by atoms with E-state index in [-0.39, 0.29) is 22.4 Å². The fraction of sp³-hybridized carbons (Fsp3) is 0.533. The van der Waals surface area contributed by atoms with Crippen LogP contribution in [0.4, 0.5) is 18.9 Å². The molecule has 0 saturated heterocycles. The number of thioether (sulfide) groups is 1. The third-order valence-electron chi connectivity index (χ3n) is 3.57. The second kappa shape index (κ2) is 7.59. The number of hydrogen-bond acceptors (Lipinski definition) is 2. The smallest absolute Gasteiger partial charge is 0.324 e. The Balaban J connectivity index is 1.93. The van der Waals surface area contributed by atoms with E-state index in [9.17, 15) is 18.0 Å². The predicted octanol–water partition coefficient (Wildman–Crippen LogP) is 5.36. The summed E-state index contributed by atoms with van der Waals surface area (Å²) in [7, 11) is 0. The van der Waals surface area contributed by atoms with E-state index in [1.54, 1.807) is 11.8 Å². The van der Waals surface area contributed by atoms with E-state index in [2.05, 4.69) is 5.32 Å². The van der Waals surface area contributed by atoms with Crippen molar-refractivity contribution in [2.24, 2.45) is 0 Å². The Morgan fingerprint density at radius 3 is 2.59 bits per heavy atom. The molecule has 2 nitrogen and oxygen atoms in total. The highest BCUT2D eigenvalue weighted by Gasteiger charge is 2.31. The van der Waals surface area contributed by atoms with Gasteiger partial charge in [0.2, 0.25) is 5.91 Å². The molecule has 22 heavy (non-hydrogen) atoms. The highest BCUT2D eigenvalue weighted by atomic mass is 35.5. The molecule has 1 aromatic rings. The minimum Gasteiger partial charge on any atom is -0.324 e. The summed E-state index contributed by atoms with van der Waals surface area (Å²) in [5, 5.41) is 3.04. The molecule has 0 heterocycles. The first-order valence-electron chi connectivity index (χ1n) is 7.14. The number of anilines is 1. The average Bonchev–Trinajstić information content (AvgIpc) is 2.47. The lowest BCUT2D eigenvalue weighted by molar-refractivity contribution is -0.137. The molecule has 122 valence electrons. The van der Waals surface area contributed by atoms with Gasteiger partial charge in [0.25, 0.3) is 0 Å². The largest absolute Gasteiger partial charge is 0.416 e. The van der Waals surface area contributed by atoms with Crippen LogP contribution in [-0.4, -0.2) is 16.9 Å². The maximum Gasteiger partial charge on any atom is 0.416 e. The fourth-order valence-electron chi connectivity index (χ4n) is 2.41. The Morgan fingerprint density at radius 1 is 1.27 bits per heavy atom. The SMILES string of the molecule is O=C(CSC1CCCCC1)Nc1cc(C(F)(F)F)ccc1Cl. The number of hydrogen-bond donors (Lipinski definition) is 1. The van der Waals surface area contributed by atoms with Crippen molar-refractivity contribution in [1.29, 1.82) is 0 Å². The summed E-state index contributed by atoms with van der Waals surface area (Å²) in [5.74, 6) is -0.0890. The molecule has 7 heteroatoms. The van der Waals surface area contributed by atoms with Gasteiger partial charge < -0.3 is 5.32 Å². The first-order chi connectivity index (χ1) is 10.4. The average molecular weight is 352 g/mol. The van der Waals surface area contributed by atoms with E-state index in [4.69, 9.17) is 11.6 Å². The molecule has 0 bridgehead atoms. The Labute approximate surface area is 136 Å². The molecule has 0 radical (unpaired) electrons. The Bertz CT molecular complexity index is 530. The standard InChI is InChI=1S/C15H17ClF3NOS/c16-12-7-6-10(15(17,18)19)8-13(12)20-14(21)9-22-11-4-2-1-3-5-11/h6-8,11H,1-5,9H2,(H,20,21). The van der Waals surface area contributed by atoms with Gasteiger partial charge in [0.05, 0.1) is 22.0 Å². The number of halogens is 4. The van der Waals surface area contributed by atoms with Gasteiger partial charge in [-0.3, -0.25) is 4.79 Å². The number of alkyl halides is 3. The minimum absolute atomic E-state index is 0.00531. The van der Waals surface area contributed by atoms with Crippen LogP contribution < -0.4 is 5.32 Å². The number of benzene rings is 1. The number of carbonyl (C=O) groups excluding carboxylic acids is 1. The Kier molecular flexibility index (Phi) is 6.03. The zero-order valence-corrected chi connectivity index (χ0v) is 13.5. The van der Waals surface area contributed by atoms with Gasteiger partial charge in [-0.05, 0) is 31.0 Å². The van der Waals surface area contributed by atoms with Gasteiger partial charge >= 0.3 is 6.18 Å². The van der Waals surface area contributed by atoms with Gasteiger partial charge in [-0.2, -0.15) is 13.2 Å². The molecule has 1 aromatic carbocycles. The van der Waals surface area contributed by atoms with Crippen molar-refractivity contribution in [2.75, 3.05) is 11.1 Å². The topological polar surface area (TPSA) is 29.1 Å². The van der Waals surface area contributed by atoms with Crippen LogP contribution in [0.1, 0.15) is 37.7 Å². The monoisotopic (exact) mass is 351 g/mol. The lowest BCUT2D eigenvalue weighted by Crippen LogP contribution is -2.18. The van der Waals surface area contributed by atoms with Crippen LogP contribution in [0.3, 0.4) is 0 Å². The molecule has 1 aliphatic carbocycles. The van der Waals surface area contributed by atoms with Crippen LogP contribution >= 0.6 is 23.4 Å². The Hall–Kier alpha value is -0.880. The lowest BCUT2D eigenvalue weighted by Gasteiger charge is -2.20. The molecule has 0 aliphatic heterocycles. The highest BCUT2D eigenvalue weighted by Crippen LogP contribution is 2.34.